The number of terminal acetylenes is 1. The van der Waals surface area contributed by atoms with E-state index in [2.05, 4.69) is 31.4 Å². The molecule has 3 heterocycles. The molecule has 2 N–H and O–H groups in total. The fourth-order valence-electron chi connectivity index (χ4n) is 4.24. The van der Waals surface area contributed by atoms with Crippen molar-refractivity contribution >= 4 is 22.6 Å². The highest BCUT2D eigenvalue weighted by atomic mass is 19.1. The Labute approximate surface area is 200 Å². The smallest absolute Gasteiger partial charge is 0.272 e. The molecule has 0 radical (unpaired) electrons. The number of benzene rings is 2. The van der Waals surface area contributed by atoms with Gasteiger partial charge in [-0.2, -0.15) is 5.10 Å². The summed E-state index contributed by atoms with van der Waals surface area (Å²) in [6.45, 7) is 0.879. The maximum Gasteiger partial charge on any atom is 0.272 e. The van der Waals surface area contributed by atoms with Crippen LogP contribution >= 0.6 is 0 Å². The molecule has 0 unspecified atom stereocenters. The normalized spacial score (nSPS) is 15.2. The van der Waals surface area contributed by atoms with E-state index in [0.717, 1.165) is 10.9 Å². The molecule has 174 valence electrons. The zero-order valence-electron chi connectivity index (χ0n) is 18.7. The molecule has 1 aliphatic heterocycles. The summed E-state index contributed by atoms with van der Waals surface area (Å²) in [5, 5.41) is 11.1. The first-order valence-electron chi connectivity index (χ1n) is 11.1. The Morgan fingerprint density at radius 3 is 2.74 bits per heavy atom. The van der Waals surface area contributed by atoms with E-state index in [9.17, 15) is 14.0 Å². The first-order valence-corrected chi connectivity index (χ1v) is 11.1. The summed E-state index contributed by atoms with van der Waals surface area (Å²) in [7, 11) is 0. The molecule has 2 aromatic heterocycles. The molecule has 0 saturated carbocycles. The summed E-state index contributed by atoms with van der Waals surface area (Å²) >= 11 is 0. The number of aromatic nitrogens is 4. The fourth-order valence-corrected chi connectivity index (χ4v) is 4.24. The second kappa shape index (κ2) is 9.35. The second-order valence-corrected chi connectivity index (χ2v) is 8.36. The Morgan fingerprint density at radius 1 is 1.20 bits per heavy atom. The molecule has 1 atom stereocenters. The van der Waals surface area contributed by atoms with Gasteiger partial charge in [-0.3, -0.25) is 9.59 Å². The van der Waals surface area contributed by atoms with Gasteiger partial charge in [0.15, 0.2) is 0 Å². The van der Waals surface area contributed by atoms with Gasteiger partial charge < -0.3 is 10.2 Å². The standard InChI is InChI=1S/C26H21FN6O2/c1-2-16-13-28-26(29-14-16)30-18-9-10-33(15-18)25(35)21-11-17(7-8-22(21)27)12-23-19-5-3-4-6-20(19)24(34)32-31-23/h1,3-8,11,13-14,18H,9-10,12,15H2,(H,32,34)(H,28,29,30)/t18-/m1/s1. The molecular weight excluding hydrogens is 447 g/mol. The fraction of sp³-hybridized carbons (Fsp3) is 0.192. The van der Waals surface area contributed by atoms with Crippen LogP contribution in [-0.2, 0) is 6.42 Å². The van der Waals surface area contributed by atoms with Gasteiger partial charge in [0.05, 0.1) is 22.2 Å². The highest BCUT2D eigenvalue weighted by Gasteiger charge is 2.29. The van der Waals surface area contributed by atoms with Crippen molar-refractivity contribution in [2.24, 2.45) is 0 Å². The number of hydrogen-bond acceptors (Lipinski definition) is 6. The third-order valence-electron chi connectivity index (χ3n) is 6.03. The molecule has 1 fully saturated rings. The summed E-state index contributed by atoms with van der Waals surface area (Å²) in [4.78, 5) is 35.2. The minimum absolute atomic E-state index is 0.00602. The first-order chi connectivity index (χ1) is 17.0. The monoisotopic (exact) mass is 468 g/mol. The zero-order valence-corrected chi connectivity index (χ0v) is 18.7. The number of nitrogens with one attached hydrogen (secondary N) is 2. The van der Waals surface area contributed by atoms with Crippen molar-refractivity contribution in [3.8, 4) is 12.3 Å². The molecule has 0 bridgehead atoms. The largest absolute Gasteiger partial charge is 0.350 e. The average Bonchev–Trinajstić information content (AvgIpc) is 3.35. The Bertz CT molecular complexity index is 1510. The number of halogens is 1. The van der Waals surface area contributed by atoms with Crippen molar-refractivity contribution in [1.82, 2.24) is 25.1 Å². The van der Waals surface area contributed by atoms with Crippen molar-refractivity contribution in [3.63, 3.8) is 0 Å². The molecule has 2 aromatic carbocycles. The van der Waals surface area contributed by atoms with Crippen LogP contribution in [0.3, 0.4) is 0 Å². The van der Waals surface area contributed by atoms with Gasteiger partial charge in [-0.05, 0) is 30.2 Å². The minimum atomic E-state index is -0.581. The van der Waals surface area contributed by atoms with E-state index >= 15 is 0 Å². The molecule has 5 rings (SSSR count). The minimum Gasteiger partial charge on any atom is -0.350 e. The van der Waals surface area contributed by atoms with Crippen LogP contribution in [-0.4, -0.2) is 50.1 Å². The molecule has 4 aromatic rings. The molecule has 35 heavy (non-hydrogen) atoms. The Hall–Kier alpha value is -4.58. The number of fused-ring (bicyclic) bond motifs is 1. The second-order valence-electron chi connectivity index (χ2n) is 8.36. The predicted molar refractivity (Wildman–Crippen MR) is 129 cm³/mol. The van der Waals surface area contributed by atoms with Crippen LogP contribution in [0, 0.1) is 18.2 Å². The molecule has 0 aliphatic carbocycles. The zero-order chi connectivity index (χ0) is 24.4. The molecule has 1 saturated heterocycles. The van der Waals surface area contributed by atoms with Crippen molar-refractivity contribution in [2.45, 2.75) is 18.9 Å². The lowest BCUT2D eigenvalue weighted by Crippen LogP contribution is -2.32. The molecule has 0 spiro atoms. The van der Waals surface area contributed by atoms with Gasteiger partial charge >= 0.3 is 0 Å². The van der Waals surface area contributed by atoms with E-state index in [-0.39, 0.29) is 23.1 Å². The van der Waals surface area contributed by atoms with Crippen LogP contribution in [0.15, 0.2) is 59.7 Å². The highest BCUT2D eigenvalue weighted by molar-refractivity contribution is 5.95. The number of H-pyrrole nitrogens is 1. The van der Waals surface area contributed by atoms with Crippen molar-refractivity contribution < 1.29 is 9.18 Å². The number of amides is 1. The van der Waals surface area contributed by atoms with Crippen LogP contribution in [0.4, 0.5) is 10.3 Å². The van der Waals surface area contributed by atoms with Gasteiger partial charge in [0.1, 0.15) is 5.82 Å². The number of aromatic amines is 1. The van der Waals surface area contributed by atoms with Crippen molar-refractivity contribution in [3.05, 3.63) is 93.4 Å². The van der Waals surface area contributed by atoms with Gasteiger partial charge in [-0.1, -0.05) is 30.2 Å². The van der Waals surface area contributed by atoms with E-state index in [0.29, 0.717) is 48.5 Å². The summed E-state index contributed by atoms with van der Waals surface area (Å²) in [6.07, 6.45) is 9.45. The van der Waals surface area contributed by atoms with Gasteiger partial charge in [-0.25, -0.2) is 19.5 Å². The highest BCUT2D eigenvalue weighted by Crippen LogP contribution is 2.22. The van der Waals surface area contributed by atoms with Gasteiger partial charge in [0, 0.05) is 43.3 Å². The maximum atomic E-state index is 14.7. The van der Waals surface area contributed by atoms with Crippen molar-refractivity contribution in [1.29, 1.82) is 0 Å². The molecule has 1 amide bonds. The van der Waals surface area contributed by atoms with E-state index < -0.39 is 5.82 Å². The summed E-state index contributed by atoms with van der Waals surface area (Å²) in [6, 6.07) is 11.6. The van der Waals surface area contributed by atoms with Gasteiger partial charge in [0.2, 0.25) is 5.95 Å². The van der Waals surface area contributed by atoms with Gasteiger partial charge in [-0.15, -0.1) is 6.42 Å². The third kappa shape index (κ3) is 4.59. The number of carbonyl (C=O) groups is 1. The Balaban J connectivity index is 1.32. The summed E-state index contributed by atoms with van der Waals surface area (Å²) < 4.78 is 14.7. The number of nitrogens with zero attached hydrogens (tertiary/aromatic N) is 4. The summed E-state index contributed by atoms with van der Waals surface area (Å²) in [5.74, 6) is 1.93. The van der Waals surface area contributed by atoms with Crippen LogP contribution in [0.5, 0.6) is 0 Å². The third-order valence-corrected chi connectivity index (χ3v) is 6.03. The topological polar surface area (TPSA) is 104 Å². The van der Waals surface area contributed by atoms with E-state index in [4.69, 9.17) is 6.42 Å². The number of likely N-dealkylation sites (tertiary alicyclic amines) is 1. The lowest BCUT2D eigenvalue weighted by Gasteiger charge is -2.18. The molecule has 9 heteroatoms. The van der Waals surface area contributed by atoms with Crippen LogP contribution in [0.25, 0.3) is 10.8 Å². The van der Waals surface area contributed by atoms with Crippen LogP contribution in [0.1, 0.15) is 33.6 Å². The summed E-state index contributed by atoms with van der Waals surface area (Å²) in [5.41, 5.74) is 1.68. The number of rotatable bonds is 5. The molecular formula is C26H21FN6O2. The quantitative estimate of drug-likeness (QED) is 0.437. The number of anilines is 1. The average molecular weight is 468 g/mol. The maximum absolute atomic E-state index is 14.7. The predicted octanol–water partition coefficient (Wildman–Crippen LogP) is 2.75. The SMILES string of the molecule is C#Cc1cnc(N[C@@H]2CCN(C(=O)c3cc(Cc4n[nH]c(=O)c5ccccc45)ccc3F)C2)nc1. The number of hydrogen-bond donors (Lipinski definition) is 2. The Kier molecular flexibility index (Phi) is 5.94. The lowest BCUT2D eigenvalue weighted by atomic mass is 10.0. The Morgan fingerprint density at radius 2 is 1.97 bits per heavy atom. The molecule has 8 nitrogen and oxygen atoms in total. The first kappa shape index (κ1) is 22.2. The van der Waals surface area contributed by atoms with E-state index in [1.165, 1.54) is 6.07 Å². The van der Waals surface area contributed by atoms with Crippen molar-refractivity contribution in [2.75, 3.05) is 18.4 Å². The van der Waals surface area contributed by atoms with Crippen LogP contribution < -0.4 is 10.9 Å². The number of carbonyl (C=O) groups excluding carboxylic acids is 1. The van der Waals surface area contributed by atoms with Gasteiger partial charge in [0.25, 0.3) is 11.5 Å². The van der Waals surface area contributed by atoms with E-state index in [1.54, 1.807) is 41.6 Å². The molecule has 1 aliphatic rings. The van der Waals surface area contributed by atoms with Crippen LogP contribution in [0.2, 0.25) is 0 Å². The lowest BCUT2D eigenvalue weighted by molar-refractivity contribution is 0.0787. The van der Waals surface area contributed by atoms with E-state index in [1.807, 2.05) is 12.1 Å².